The average molecular weight is 162 g/mol. The van der Waals surface area contributed by atoms with Gasteiger partial charge >= 0.3 is 0 Å². The van der Waals surface area contributed by atoms with E-state index in [0.29, 0.717) is 17.6 Å². The van der Waals surface area contributed by atoms with Crippen LogP contribution in [0.25, 0.3) is 5.57 Å². The Balaban J connectivity index is 3.10. The Labute approximate surface area is 70.9 Å². The largest absolute Gasteiger partial charge is 0.404 e. The van der Waals surface area contributed by atoms with Crippen LogP contribution in [0.1, 0.15) is 11.4 Å². The third-order valence-electron chi connectivity index (χ3n) is 1.49. The van der Waals surface area contributed by atoms with Gasteiger partial charge in [-0.25, -0.2) is 0 Å². The molecule has 0 saturated carbocycles. The number of carbonyl (C=O) groups is 1. The number of aryl methyl sites for hydroxylation is 1. The van der Waals surface area contributed by atoms with Gasteiger partial charge in [0.1, 0.15) is 0 Å². The third-order valence-corrected chi connectivity index (χ3v) is 1.49. The van der Waals surface area contributed by atoms with Gasteiger partial charge in [-0.15, -0.1) is 0 Å². The van der Waals surface area contributed by atoms with Crippen molar-refractivity contribution in [3.8, 4) is 0 Å². The van der Waals surface area contributed by atoms with Crippen molar-refractivity contribution >= 4 is 11.9 Å². The van der Waals surface area contributed by atoms with Crippen LogP contribution in [0.5, 0.6) is 0 Å². The number of allylic oxidation sites excluding steroid dienone is 1. The average Bonchev–Trinajstić information content (AvgIpc) is 2.07. The molecule has 0 aromatic carbocycles. The van der Waals surface area contributed by atoms with Crippen LogP contribution in [-0.2, 0) is 4.79 Å². The van der Waals surface area contributed by atoms with Crippen molar-refractivity contribution in [2.75, 3.05) is 0 Å². The van der Waals surface area contributed by atoms with E-state index in [4.69, 9.17) is 5.73 Å². The first-order chi connectivity index (χ1) is 5.77. The summed E-state index contributed by atoms with van der Waals surface area (Å²) in [5.41, 5.74) is 7.13. The normalized spacial score (nSPS) is 11.2. The van der Waals surface area contributed by atoms with Crippen LogP contribution in [0.4, 0.5) is 0 Å². The molecule has 0 aliphatic carbocycles. The summed E-state index contributed by atoms with van der Waals surface area (Å²) >= 11 is 0. The number of hydrogen-bond acceptors (Lipinski definition) is 3. The number of nitrogens with two attached hydrogens (primary N) is 1. The smallest absolute Gasteiger partial charge is 0.153 e. The summed E-state index contributed by atoms with van der Waals surface area (Å²) in [4.78, 5) is 14.6. The summed E-state index contributed by atoms with van der Waals surface area (Å²) in [6.07, 6.45) is 1.95. The third kappa shape index (κ3) is 1.69. The lowest BCUT2D eigenvalue weighted by Crippen LogP contribution is -1.95. The standard InChI is InChI=1S/C9H10N2O/c1-7-3-2-4-9(11-7)8(5-10)6-12/h2-6H,10H2,1H3. The number of aldehydes is 1. The Kier molecular flexibility index (Phi) is 2.58. The molecule has 1 heterocycles. The summed E-state index contributed by atoms with van der Waals surface area (Å²) in [6, 6.07) is 5.45. The van der Waals surface area contributed by atoms with Crippen LogP contribution < -0.4 is 5.73 Å². The highest BCUT2D eigenvalue weighted by Crippen LogP contribution is 2.07. The van der Waals surface area contributed by atoms with Gasteiger partial charge in [0.05, 0.1) is 11.3 Å². The molecule has 1 aromatic rings. The molecule has 0 spiro atoms. The second-order valence-corrected chi connectivity index (χ2v) is 2.40. The predicted octanol–water partition coefficient (Wildman–Crippen LogP) is 0.889. The van der Waals surface area contributed by atoms with E-state index >= 15 is 0 Å². The minimum Gasteiger partial charge on any atom is -0.404 e. The summed E-state index contributed by atoms with van der Waals surface area (Å²) in [5.74, 6) is 0. The highest BCUT2D eigenvalue weighted by Gasteiger charge is 1.99. The van der Waals surface area contributed by atoms with E-state index in [2.05, 4.69) is 4.98 Å². The topological polar surface area (TPSA) is 56.0 Å². The maximum absolute atomic E-state index is 10.5. The van der Waals surface area contributed by atoms with E-state index in [-0.39, 0.29) is 0 Å². The Bertz CT molecular complexity index is 318. The molecule has 0 amide bonds. The minimum atomic E-state index is 0.415. The molecular weight excluding hydrogens is 152 g/mol. The van der Waals surface area contributed by atoms with Gasteiger partial charge in [0.2, 0.25) is 0 Å². The van der Waals surface area contributed by atoms with Crippen molar-refractivity contribution in [1.82, 2.24) is 4.98 Å². The molecule has 0 unspecified atom stereocenters. The molecule has 2 N–H and O–H groups in total. The van der Waals surface area contributed by atoms with Gasteiger partial charge in [-0.3, -0.25) is 9.78 Å². The summed E-state index contributed by atoms with van der Waals surface area (Å²) in [6.45, 7) is 1.86. The molecule has 0 fully saturated rings. The molecular formula is C9H10N2O. The molecule has 3 heteroatoms. The molecule has 1 aromatic heterocycles. The molecule has 0 atom stereocenters. The SMILES string of the molecule is Cc1cccc(C(C=O)=CN)n1. The Morgan fingerprint density at radius 2 is 2.33 bits per heavy atom. The lowest BCUT2D eigenvalue weighted by atomic mass is 10.2. The highest BCUT2D eigenvalue weighted by atomic mass is 16.1. The molecule has 0 bridgehead atoms. The number of pyridine rings is 1. The summed E-state index contributed by atoms with van der Waals surface area (Å²) in [5, 5.41) is 0. The van der Waals surface area contributed by atoms with Gasteiger partial charge in [-0.2, -0.15) is 0 Å². The van der Waals surface area contributed by atoms with E-state index in [9.17, 15) is 4.79 Å². The molecule has 12 heavy (non-hydrogen) atoms. The molecule has 0 aliphatic heterocycles. The number of nitrogens with zero attached hydrogens (tertiary/aromatic N) is 1. The lowest BCUT2D eigenvalue weighted by Gasteiger charge is -1.98. The molecule has 0 radical (unpaired) electrons. The monoisotopic (exact) mass is 162 g/mol. The van der Waals surface area contributed by atoms with Crippen LogP contribution in [0.3, 0.4) is 0 Å². The van der Waals surface area contributed by atoms with Crippen LogP contribution in [0.15, 0.2) is 24.4 Å². The predicted molar refractivity (Wildman–Crippen MR) is 47.2 cm³/mol. The highest BCUT2D eigenvalue weighted by molar-refractivity contribution is 6.05. The van der Waals surface area contributed by atoms with Crippen molar-refractivity contribution in [2.24, 2.45) is 5.73 Å². The van der Waals surface area contributed by atoms with E-state index in [1.54, 1.807) is 6.07 Å². The quantitative estimate of drug-likeness (QED) is 0.519. The fraction of sp³-hybridized carbons (Fsp3) is 0.111. The molecule has 1 rings (SSSR count). The van der Waals surface area contributed by atoms with Gasteiger partial charge in [0.25, 0.3) is 0 Å². The van der Waals surface area contributed by atoms with Crippen molar-refractivity contribution in [1.29, 1.82) is 0 Å². The van der Waals surface area contributed by atoms with Gasteiger partial charge in [0, 0.05) is 11.9 Å². The zero-order chi connectivity index (χ0) is 8.97. The van der Waals surface area contributed by atoms with Gasteiger partial charge in [0.15, 0.2) is 6.29 Å². The second kappa shape index (κ2) is 3.67. The van der Waals surface area contributed by atoms with Crippen molar-refractivity contribution < 1.29 is 4.79 Å². The molecule has 3 nitrogen and oxygen atoms in total. The van der Waals surface area contributed by atoms with E-state index in [0.717, 1.165) is 5.69 Å². The molecule has 0 saturated heterocycles. The first-order valence-corrected chi connectivity index (χ1v) is 3.59. The van der Waals surface area contributed by atoms with E-state index in [1.807, 2.05) is 19.1 Å². The summed E-state index contributed by atoms with van der Waals surface area (Å²) in [7, 11) is 0. The van der Waals surface area contributed by atoms with Crippen LogP contribution >= 0.6 is 0 Å². The summed E-state index contributed by atoms with van der Waals surface area (Å²) < 4.78 is 0. The lowest BCUT2D eigenvalue weighted by molar-refractivity contribution is -0.103. The molecule has 0 aliphatic rings. The maximum Gasteiger partial charge on any atom is 0.153 e. The first kappa shape index (κ1) is 8.46. The second-order valence-electron chi connectivity index (χ2n) is 2.40. The number of hydrogen-bond donors (Lipinski definition) is 1. The van der Waals surface area contributed by atoms with Gasteiger partial charge < -0.3 is 5.73 Å². The Hall–Kier alpha value is -1.64. The van der Waals surface area contributed by atoms with Crippen molar-refractivity contribution in [2.45, 2.75) is 6.92 Å². The van der Waals surface area contributed by atoms with E-state index in [1.165, 1.54) is 6.20 Å². The van der Waals surface area contributed by atoms with Crippen molar-refractivity contribution in [3.05, 3.63) is 35.8 Å². The molecule has 62 valence electrons. The zero-order valence-electron chi connectivity index (χ0n) is 6.82. The van der Waals surface area contributed by atoms with E-state index < -0.39 is 0 Å². The van der Waals surface area contributed by atoms with Gasteiger partial charge in [-0.05, 0) is 19.1 Å². The fourth-order valence-corrected chi connectivity index (χ4v) is 0.889. The van der Waals surface area contributed by atoms with Crippen molar-refractivity contribution in [3.63, 3.8) is 0 Å². The maximum atomic E-state index is 10.5. The van der Waals surface area contributed by atoms with Gasteiger partial charge in [-0.1, -0.05) is 6.07 Å². The minimum absolute atomic E-state index is 0.415. The number of rotatable bonds is 2. The van der Waals surface area contributed by atoms with Crippen LogP contribution in [0.2, 0.25) is 0 Å². The number of aromatic nitrogens is 1. The zero-order valence-corrected chi connectivity index (χ0v) is 6.82. The Morgan fingerprint density at radius 3 is 2.83 bits per heavy atom. The van der Waals surface area contributed by atoms with Crippen LogP contribution in [0, 0.1) is 6.92 Å². The Morgan fingerprint density at radius 1 is 1.58 bits per heavy atom. The fourth-order valence-electron chi connectivity index (χ4n) is 0.889. The number of carbonyl (C=O) groups excluding carboxylic acids is 1. The first-order valence-electron chi connectivity index (χ1n) is 3.59. The van der Waals surface area contributed by atoms with Crippen LogP contribution in [-0.4, -0.2) is 11.3 Å².